The van der Waals surface area contributed by atoms with Gasteiger partial charge in [-0.25, -0.2) is 0 Å². The average Bonchev–Trinajstić information content (AvgIpc) is 2.96. The summed E-state index contributed by atoms with van der Waals surface area (Å²) >= 11 is 0. The van der Waals surface area contributed by atoms with E-state index < -0.39 is 0 Å². The topological polar surface area (TPSA) is 57.4 Å². The summed E-state index contributed by atoms with van der Waals surface area (Å²) in [5.41, 5.74) is 6.83. The van der Waals surface area contributed by atoms with Crippen LogP contribution in [0.15, 0.2) is 12.1 Å². The molecule has 14 heavy (non-hydrogen) atoms. The summed E-state index contributed by atoms with van der Waals surface area (Å²) < 4.78 is 10.2. The van der Waals surface area contributed by atoms with E-state index >= 15 is 0 Å². The van der Waals surface area contributed by atoms with Crippen molar-refractivity contribution in [2.75, 3.05) is 14.2 Å². The molecule has 0 radical (unpaired) electrons. The largest absolute Gasteiger partial charge is 0.481 e. The van der Waals surface area contributed by atoms with E-state index in [0.717, 1.165) is 18.4 Å². The first kappa shape index (κ1) is 9.27. The second kappa shape index (κ2) is 3.13. The van der Waals surface area contributed by atoms with Crippen LogP contribution in [-0.4, -0.2) is 19.2 Å². The minimum Gasteiger partial charge on any atom is -0.481 e. The molecule has 1 aromatic rings. The van der Waals surface area contributed by atoms with Crippen molar-refractivity contribution < 1.29 is 9.47 Å². The van der Waals surface area contributed by atoms with Gasteiger partial charge in [0.15, 0.2) is 0 Å². The summed E-state index contributed by atoms with van der Waals surface area (Å²) in [6.07, 6.45) is 1.99. The van der Waals surface area contributed by atoms with Gasteiger partial charge in [-0.05, 0) is 18.9 Å². The van der Waals surface area contributed by atoms with Crippen molar-refractivity contribution in [1.29, 1.82) is 0 Å². The molecule has 1 heterocycles. The van der Waals surface area contributed by atoms with Crippen molar-refractivity contribution in [1.82, 2.24) is 4.98 Å². The van der Waals surface area contributed by atoms with E-state index in [0.29, 0.717) is 11.8 Å². The Bertz CT molecular complexity index is 348. The first-order valence-corrected chi connectivity index (χ1v) is 4.58. The van der Waals surface area contributed by atoms with Crippen molar-refractivity contribution in [2.45, 2.75) is 18.4 Å². The minimum absolute atomic E-state index is 0.218. The maximum atomic E-state index is 6.07. The highest BCUT2D eigenvalue weighted by Gasteiger charge is 2.42. The van der Waals surface area contributed by atoms with E-state index in [9.17, 15) is 0 Å². The molecule has 4 nitrogen and oxygen atoms in total. The molecule has 2 N–H and O–H groups in total. The maximum Gasteiger partial charge on any atom is 0.221 e. The zero-order chi connectivity index (χ0) is 10.2. The molecule has 0 amide bonds. The predicted molar refractivity (Wildman–Crippen MR) is 52.4 cm³/mol. The summed E-state index contributed by atoms with van der Waals surface area (Å²) in [5.74, 6) is 1.12. The summed E-state index contributed by atoms with van der Waals surface area (Å²) in [6.45, 7) is 0. The van der Waals surface area contributed by atoms with Gasteiger partial charge in [0.25, 0.3) is 0 Å². The van der Waals surface area contributed by atoms with Crippen molar-refractivity contribution in [3.8, 4) is 11.8 Å². The molecule has 0 aliphatic heterocycles. The van der Waals surface area contributed by atoms with Crippen LogP contribution in [0.25, 0.3) is 0 Å². The van der Waals surface area contributed by atoms with Gasteiger partial charge in [0.2, 0.25) is 11.8 Å². The van der Waals surface area contributed by atoms with Crippen molar-refractivity contribution in [3.05, 3.63) is 17.7 Å². The minimum atomic E-state index is -0.218. The SMILES string of the molecule is COc1ccc(C2(N)CC2)c(OC)n1. The summed E-state index contributed by atoms with van der Waals surface area (Å²) in [5, 5.41) is 0. The van der Waals surface area contributed by atoms with E-state index in [-0.39, 0.29) is 5.54 Å². The predicted octanol–water partition coefficient (Wildman–Crippen LogP) is 1.05. The molecule has 0 spiro atoms. The quantitative estimate of drug-likeness (QED) is 0.781. The summed E-state index contributed by atoms with van der Waals surface area (Å²) in [6, 6.07) is 3.74. The van der Waals surface area contributed by atoms with Gasteiger partial charge >= 0.3 is 0 Å². The number of nitrogens with zero attached hydrogens (tertiary/aromatic N) is 1. The molecular weight excluding hydrogens is 180 g/mol. The van der Waals surface area contributed by atoms with E-state index in [4.69, 9.17) is 15.2 Å². The third-order valence-corrected chi connectivity index (χ3v) is 2.56. The van der Waals surface area contributed by atoms with Gasteiger partial charge in [0, 0.05) is 17.2 Å². The standard InChI is InChI=1S/C10H14N2O2/c1-13-8-4-3-7(9(12-8)14-2)10(11)5-6-10/h3-4H,5-6,11H2,1-2H3. The first-order chi connectivity index (χ1) is 6.69. The third-order valence-electron chi connectivity index (χ3n) is 2.56. The Balaban J connectivity index is 2.40. The van der Waals surface area contributed by atoms with Gasteiger partial charge < -0.3 is 15.2 Å². The van der Waals surface area contributed by atoms with E-state index in [1.165, 1.54) is 0 Å². The number of rotatable bonds is 3. The second-order valence-corrected chi connectivity index (χ2v) is 3.57. The van der Waals surface area contributed by atoms with Crippen molar-refractivity contribution in [2.24, 2.45) is 5.73 Å². The fourth-order valence-electron chi connectivity index (χ4n) is 1.48. The average molecular weight is 194 g/mol. The van der Waals surface area contributed by atoms with Crippen LogP contribution in [0, 0.1) is 0 Å². The molecule has 0 atom stereocenters. The number of hydrogen-bond acceptors (Lipinski definition) is 4. The van der Waals surface area contributed by atoms with Crippen molar-refractivity contribution in [3.63, 3.8) is 0 Å². The zero-order valence-corrected chi connectivity index (χ0v) is 8.41. The van der Waals surface area contributed by atoms with Gasteiger partial charge in [0.1, 0.15) is 0 Å². The van der Waals surface area contributed by atoms with Gasteiger partial charge in [0.05, 0.1) is 14.2 Å². The fourth-order valence-corrected chi connectivity index (χ4v) is 1.48. The molecule has 1 aliphatic rings. The number of aromatic nitrogens is 1. The second-order valence-electron chi connectivity index (χ2n) is 3.57. The molecule has 0 aromatic carbocycles. The molecule has 0 bridgehead atoms. The van der Waals surface area contributed by atoms with Crippen LogP contribution in [0.5, 0.6) is 11.8 Å². The van der Waals surface area contributed by atoms with E-state index in [2.05, 4.69) is 4.98 Å². The third kappa shape index (κ3) is 1.42. The van der Waals surface area contributed by atoms with Crippen LogP contribution in [0.1, 0.15) is 18.4 Å². The molecule has 1 saturated carbocycles. The highest BCUT2D eigenvalue weighted by molar-refractivity contribution is 5.39. The Labute approximate surface area is 83.0 Å². The molecule has 2 rings (SSSR count). The smallest absolute Gasteiger partial charge is 0.221 e. The molecule has 1 fully saturated rings. The highest BCUT2D eigenvalue weighted by Crippen LogP contribution is 2.46. The monoisotopic (exact) mass is 194 g/mol. The first-order valence-electron chi connectivity index (χ1n) is 4.58. The number of hydrogen-bond donors (Lipinski definition) is 1. The lowest BCUT2D eigenvalue weighted by molar-refractivity contribution is 0.358. The lowest BCUT2D eigenvalue weighted by Gasteiger charge is -2.13. The van der Waals surface area contributed by atoms with Crippen LogP contribution in [0.3, 0.4) is 0 Å². The number of methoxy groups -OCH3 is 2. The summed E-state index contributed by atoms with van der Waals surface area (Å²) in [7, 11) is 3.17. The molecule has 0 unspecified atom stereocenters. The Morgan fingerprint density at radius 3 is 2.50 bits per heavy atom. The Morgan fingerprint density at radius 1 is 1.29 bits per heavy atom. The molecule has 4 heteroatoms. The fraction of sp³-hybridized carbons (Fsp3) is 0.500. The Hall–Kier alpha value is -1.29. The van der Waals surface area contributed by atoms with Crippen LogP contribution >= 0.6 is 0 Å². The van der Waals surface area contributed by atoms with Gasteiger partial charge in [-0.2, -0.15) is 4.98 Å². The van der Waals surface area contributed by atoms with Crippen LogP contribution in [-0.2, 0) is 5.54 Å². The van der Waals surface area contributed by atoms with E-state index in [1.807, 2.05) is 12.1 Å². The summed E-state index contributed by atoms with van der Waals surface area (Å²) in [4.78, 5) is 4.19. The molecule has 0 saturated heterocycles. The lowest BCUT2D eigenvalue weighted by atomic mass is 10.1. The van der Waals surface area contributed by atoms with Gasteiger partial charge in [-0.3, -0.25) is 0 Å². The Kier molecular flexibility index (Phi) is 2.07. The van der Waals surface area contributed by atoms with Gasteiger partial charge in [-0.15, -0.1) is 0 Å². The normalized spacial score (nSPS) is 17.6. The number of ether oxygens (including phenoxy) is 2. The highest BCUT2D eigenvalue weighted by atomic mass is 16.5. The van der Waals surface area contributed by atoms with Crippen LogP contribution < -0.4 is 15.2 Å². The Morgan fingerprint density at radius 2 is 2.00 bits per heavy atom. The number of pyridine rings is 1. The zero-order valence-electron chi connectivity index (χ0n) is 8.41. The van der Waals surface area contributed by atoms with Gasteiger partial charge in [-0.1, -0.05) is 0 Å². The number of nitrogens with two attached hydrogens (primary N) is 1. The van der Waals surface area contributed by atoms with Crippen molar-refractivity contribution >= 4 is 0 Å². The molecule has 1 aliphatic carbocycles. The van der Waals surface area contributed by atoms with Crippen LogP contribution in [0.4, 0.5) is 0 Å². The molecular formula is C10H14N2O2. The lowest BCUT2D eigenvalue weighted by Crippen LogP contribution is -2.20. The maximum absolute atomic E-state index is 6.07. The van der Waals surface area contributed by atoms with Crippen LogP contribution in [0.2, 0.25) is 0 Å². The molecule has 1 aromatic heterocycles. The van der Waals surface area contributed by atoms with E-state index in [1.54, 1.807) is 14.2 Å². The molecule has 76 valence electrons.